The second kappa shape index (κ2) is 17.5. The Kier molecular flexibility index (Phi) is 18.1. The van der Waals surface area contributed by atoms with Crippen molar-refractivity contribution in [3.05, 3.63) is 29.8 Å². The largest absolute Gasteiger partial charge is 0.469 e. The van der Waals surface area contributed by atoms with Crippen molar-refractivity contribution in [2.75, 3.05) is 31.0 Å². The van der Waals surface area contributed by atoms with Gasteiger partial charge < -0.3 is 20.0 Å². The standard InChI is InChI=1S/C8H11NO.C6H10O3S.C2H6/c1-9-8-4-2-7(6-10)3-5-8;1-9-6(8)2-4-10-5-3-7;1-2/h2-5,9-10H,6H2,1H3;3H,2,4-5H2,1H3;1-2H3. The van der Waals surface area contributed by atoms with Crippen LogP contribution in [-0.4, -0.2) is 43.0 Å². The molecule has 22 heavy (non-hydrogen) atoms. The highest BCUT2D eigenvalue weighted by Crippen LogP contribution is 2.07. The molecule has 0 heterocycles. The number of methoxy groups -OCH3 is 1. The monoisotopic (exact) mass is 329 g/mol. The third kappa shape index (κ3) is 13.5. The molecule has 1 aromatic rings. The number of hydrogen-bond donors (Lipinski definition) is 2. The molecule has 0 amide bonds. The van der Waals surface area contributed by atoms with Crippen molar-refractivity contribution >= 4 is 29.7 Å². The maximum atomic E-state index is 10.5. The number of benzene rings is 1. The molecule has 0 unspecified atom stereocenters. The van der Waals surface area contributed by atoms with Gasteiger partial charge in [-0.3, -0.25) is 4.79 Å². The molecule has 1 rings (SSSR count). The Morgan fingerprint density at radius 3 is 2.32 bits per heavy atom. The summed E-state index contributed by atoms with van der Waals surface area (Å²) in [7, 11) is 3.22. The normalized spacial score (nSPS) is 8.59. The second-order valence-corrected chi connectivity index (χ2v) is 4.82. The van der Waals surface area contributed by atoms with Gasteiger partial charge >= 0.3 is 5.97 Å². The predicted molar refractivity (Wildman–Crippen MR) is 93.3 cm³/mol. The molecule has 2 N–H and O–H groups in total. The van der Waals surface area contributed by atoms with E-state index < -0.39 is 0 Å². The molecule has 0 saturated heterocycles. The number of aliphatic hydroxyl groups is 1. The third-order valence-corrected chi connectivity index (χ3v) is 3.15. The molecule has 0 aliphatic heterocycles. The fraction of sp³-hybridized carbons (Fsp3) is 0.500. The van der Waals surface area contributed by atoms with Gasteiger partial charge in [0.25, 0.3) is 0 Å². The van der Waals surface area contributed by atoms with Gasteiger partial charge in [-0.25, -0.2) is 0 Å². The Balaban J connectivity index is 0. The number of hydrogen-bond acceptors (Lipinski definition) is 6. The number of aliphatic hydroxyl groups excluding tert-OH is 1. The minimum atomic E-state index is -0.224. The summed E-state index contributed by atoms with van der Waals surface area (Å²) in [6.45, 7) is 4.12. The fourth-order valence-electron chi connectivity index (χ4n) is 1.17. The Morgan fingerprint density at radius 2 is 1.91 bits per heavy atom. The van der Waals surface area contributed by atoms with Gasteiger partial charge in [-0.2, -0.15) is 11.8 Å². The molecule has 0 saturated carbocycles. The average molecular weight is 329 g/mol. The molecule has 5 nitrogen and oxygen atoms in total. The zero-order chi connectivity index (χ0) is 17.2. The Hall–Kier alpha value is -1.53. The van der Waals surface area contributed by atoms with E-state index in [4.69, 9.17) is 5.11 Å². The van der Waals surface area contributed by atoms with E-state index in [9.17, 15) is 9.59 Å². The van der Waals surface area contributed by atoms with E-state index in [0.29, 0.717) is 17.9 Å². The van der Waals surface area contributed by atoms with Crippen LogP contribution in [0.3, 0.4) is 0 Å². The lowest BCUT2D eigenvalue weighted by molar-refractivity contribution is -0.140. The van der Waals surface area contributed by atoms with Gasteiger partial charge in [0, 0.05) is 24.2 Å². The predicted octanol–water partition coefficient (Wildman–Crippen LogP) is 2.73. The molecule has 0 aliphatic rings. The molecule has 0 fully saturated rings. The number of carbonyl (C=O) groups is 2. The van der Waals surface area contributed by atoms with E-state index in [1.807, 2.05) is 45.2 Å². The van der Waals surface area contributed by atoms with Crippen molar-refractivity contribution in [3.63, 3.8) is 0 Å². The lowest BCUT2D eigenvalue weighted by Crippen LogP contribution is -2.01. The second-order valence-electron chi connectivity index (χ2n) is 3.67. The maximum Gasteiger partial charge on any atom is 0.306 e. The zero-order valence-electron chi connectivity index (χ0n) is 13.8. The van der Waals surface area contributed by atoms with E-state index in [0.717, 1.165) is 17.5 Å². The summed E-state index contributed by atoms with van der Waals surface area (Å²) in [6, 6.07) is 7.66. The summed E-state index contributed by atoms with van der Waals surface area (Å²) >= 11 is 1.43. The van der Waals surface area contributed by atoms with Gasteiger partial charge in [-0.15, -0.1) is 0 Å². The lowest BCUT2D eigenvalue weighted by atomic mass is 10.2. The number of anilines is 1. The first-order valence-corrected chi connectivity index (χ1v) is 8.29. The molecule has 0 spiro atoms. The van der Waals surface area contributed by atoms with Crippen molar-refractivity contribution in [3.8, 4) is 0 Å². The number of aldehydes is 1. The number of rotatable bonds is 7. The van der Waals surface area contributed by atoms with E-state index in [1.54, 1.807) is 0 Å². The summed E-state index contributed by atoms with van der Waals surface area (Å²) in [6.07, 6.45) is 1.21. The van der Waals surface area contributed by atoms with Crippen LogP contribution in [0.15, 0.2) is 24.3 Å². The maximum absolute atomic E-state index is 10.5. The highest BCUT2D eigenvalue weighted by Gasteiger charge is 1.97. The smallest absolute Gasteiger partial charge is 0.306 e. The summed E-state index contributed by atoms with van der Waals surface area (Å²) in [5.41, 5.74) is 2.01. The molecule has 0 radical (unpaired) electrons. The number of carbonyl (C=O) groups excluding carboxylic acids is 2. The Morgan fingerprint density at radius 1 is 1.32 bits per heavy atom. The van der Waals surface area contributed by atoms with E-state index in [1.165, 1.54) is 18.9 Å². The van der Waals surface area contributed by atoms with E-state index >= 15 is 0 Å². The molecule has 0 atom stereocenters. The van der Waals surface area contributed by atoms with Crippen LogP contribution in [0.25, 0.3) is 0 Å². The Bertz CT molecular complexity index is 359. The van der Waals surface area contributed by atoms with E-state index in [2.05, 4.69) is 10.1 Å². The first-order chi connectivity index (χ1) is 10.7. The fourth-order valence-corrected chi connectivity index (χ4v) is 1.74. The summed E-state index contributed by atoms with van der Waals surface area (Å²) in [5, 5.41) is 11.7. The number of esters is 1. The summed E-state index contributed by atoms with van der Waals surface area (Å²) in [5.74, 6) is 0.890. The zero-order valence-corrected chi connectivity index (χ0v) is 14.6. The van der Waals surface area contributed by atoms with Crippen molar-refractivity contribution < 1.29 is 19.4 Å². The topological polar surface area (TPSA) is 75.6 Å². The third-order valence-electron chi connectivity index (χ3n) is 2.29. The van der Waals surface area contributed by atoms with Crippen molar-refractivity contribution in [2.45, 2.75) is 26.9 Å². The molecule has 126 valence electrons. The first kappa shape index (κ1) is 22.7. The average Bonchev–Trinajstić information content (AvgIpc) is 2.60. The SMILES string of the molecule is CC.CNc1ccc(CO)cc1.COC(=O)CCSCC=O. The molecule has 0 aliphatic carbocycles. The Labute approximate surface area is 137 Å². The lowest BCUT2D eigenvalue weighted by Gasteiger charge is -1.99. The number of ether oxygens (including phenoxy) is 1. The van der Waals surface area contributed by atoms with Crippen molar-refractivity contribution in [2.24, 2.45) is 0 Å². The highest BCUT2D eigenvalue weighted by atomic mass is 32.2. The van der Waals surface area contributed by atoms with Crippen molar-refractivity contribution in [1.29, 1.82) is 0 Å². The van der Waals surface area contributed by atoms with Crippen LogP contribution in [0, 0.1) is 0 Å². The number of nitrogens with one attached hydrogen (secondary N) is 1. The highest BCUT2D eigenvalue weighted by molar-refractivity contribution is 7.99. The van der Waals surface area contributed by atoms with Crippen LogP contribution < -0.4 is 5.32 Å². The van der Waals surface area contributed by atoms with Gasteiger partial charge in [-0.1, -0.05) is 26.0 Å². The summed E-state index contributed by atoms with van der Waals surface area (Å²) < 4.78 is 4.39. The van der Waals surface area contributed by atoms with Crippen LogP contribution in [0.1, 0.15) is 25.8 Å². The van der Waals surface area contributed by atoms with E-state index in [-0.39, 0.29) is 12.6 Å². The van der Waals surface area contributed by atoms with Gasteiger partial charge in [0.15, 0.2) is 0 Å². The molecular weight excluding hydrogens is 302 g/mol. The molecule has 0 aromatic heterocycles. The van der Waals surface area contributed by atoms with Crippen LogP contribution in [0.4, 0.5) is 5.69 Å². The molecule has 1 aromatic carbocycles. The van der Waals surface area contributed by atoms with Gasteiger partial charge in [-0.05, 0) is 17.7 Å². The number of thioether (sulfide) groups is 1. The quantitative estimate of drug-likeness (QED) is 0.455. The minimum absolute atomic E-state index is 0.115. The molecule has 6 heteroatoms. The van der Waals surface area contributed by atoms with Gasteiger partial charge in [0.1, 0.15) is 6.29 Å². The van der Waals surface area contributed by atoms with Gasteiger partial charge in [0.2, 0.25) is 0 Å². The van der Waals surface area contributed by atoms with Crippen LogP contribution >= 0.6 is 11.8 Å². The van der Waals surface area contributed by atoms with Gasteiger partial charge in [0.05, 0.1) is 20.1 Å². The summed E-state index contributed by atoms with van der Waals surface area (Å²) in [4.78, 5) is 20.2. The minimum Gasteiger partial charge on any atom is -0.469 e. The first-order valence-electron chi connectivity index (χ1n) is 7.13. The van der Waals surface area contributed by atoms with Crippen molar-refractivity contribution in [1.82, 2.24) is 0 Å². The van der Waals surface area contributed by atoms with Crippen LogP contribution in [-0.2, 0) is 20.9 Å². The molecular formula is C16H27NO4S. The molecule has 0 bridgehead atoms. The van der Waals surface area contributed by atoms with Crippen LogP contribution in [0.2, 0.25) is 0 Å². The van der Waals surface area contributed by atoms with Crippen LogP contribution in [0.5, 0.6) is 0 Å².